The Hall–Kier alpha value is -1.04. The van der Waals surface area contributed by atoms with Crippen molar-refractivity contribution in [1.82, 2.24) is 0 Å². The van der Waals surface area contributed by atoms with E-state index in [0.717, 1.165) is 6.42 Å². The molecule has 0 aliphatic heterocycles. The normalized spacial score (nSPS) is 10.9. The summed E-state index contributed by atoms with van der Waals surface area (Å²) in [6, 6.07) is 6.36. The molecule has 0 heterocycles. The van der Waals surface area contributed by atoms with Gasteiger partial charge in [0.25, 0.3) is 0 Å². The summed E-state index contributed by atoms with van der Waals surface area (Å²) in [6.45, 7) is 8.04. The molecule has 1 aromatic carbocycles. The smallest absolute Gasteiger partial charge is 0.0201 e. The second kappa shape index (κ2) is 4.10. The van der Waals surface area contributed by atoms with E-state index >= 15 is 0 Å². The third-order valence-electron chi connectivity index (χ3n) is 1.99. The molecule has 0 aliphatic rings. The minimum absolute atomic E-state index is 0.855. The van der Waals surface area contributed by atoms with Crippen LogP contribution >= 0.6 is 0 Å². The zero-order valence-electron chi connectivity index (χ0n) is 7.80. The van der Waals surface area contributed by atoms with Crippen LogP contribution in [0.3, 0.4) is 0 Å². The van der Waals surface area contributed by atoms with Crippen molar-refractivity contribution >= 4 is 6.08 Å². The van der Waals surface area contributed by atoms with Crippen molar-refractivity contribution in [2.75, 3.05) is 0 Å². The molecule has 0 aliphatic carbocycles. The number of hydrogen-bond acceptors (Lipinski definition) is 0. The van der Waals surface area contributed by atoms with Crippen molar-refractivity contribution < 1.29 is 0 Å². The van der Waals surface area contributed by atoms with Crippen LogP contribution in [0.5, 0.6) is 0 Å². The zero-order valence-corrected chi connectivity index (χ0v) is 7.80. The highest BCUT2D eigenvalue weighted by molar-refractivity contribution is 5.57. The standard InChI is InChI=1S/C12H15/c1-4-5-9-12-10(2)7-6-8-11(12)3/h5-9H,1,4H2,2-3H3/b9-5+. The molecule has 0 fully saturated rings. The largest absolute Gasteiger partial charge is 0.0839 e. The van der Waals surface area contributed by atoms with Crippen molar-refractivity contribution in [2.24, 2.45) is 0 Å². The summed E-state index contributed by atoms with van der Waals surface area (Å²) >= 11 is 0. The molecule has 1 radical (unpaired) electrons. The zero-order chi connectivity index (χ0) is 8.97. The Bertz CT molecular complexity index is 262. The Kier molecular flexibility index (Phi) is 3.09. The predicted molar refractivity (Wildman–Crippen MR) is 54.9 cm³/mol. The third kappa shape index (κ3) is 1.97. The fourth-order valence-corrected chi connectivity index (χ4v) is 1.29. The maximum atomic E-state index is 3.77. The Balaban J connectivity index is 3.04. The second-order valence-electron chi connectivity index (χ2n) is 3.00. The molecule has 1 aromatic rings. The SMILES string of the molecule is [CH2]C/C=C/c1c(C)cccc1C. The summed E-state index contributed by atoms with van der Waals surface area (Å²) < 4.78 is 0. The Morgan fingerprint density at radius 2 is 1.83 bits per heavy atom. The van der Waals surface area contributed by atoms with Gasteiger partial charge in [-0.25, -0.2) is 0 Å². The minimum Gasteiger partial charge on any atom is -0.0839 e. The third-order valence-corrected chi connectivity index (χ3v) is 1.99. The maximum Gasteiger partial charge on any atom is -0.0201 e. The van der Waals surface area contributed by atoms with E-state index in [1.54, 1.807) is 0 Å². The van der Waals surface area contributed by atoms with Crippen molar-refractivity contribution in [1.29, 1.82) is 0 Å². The van der Waals surface area contributed by atoms with Crippen LogP contribution in [0.2, 0.25) is 0 Å². The lowest BCUT2D eigenvalue weighted by atomic mass is 10.0. The lowest BCUT2D eigenvalue weighted by molar-refractivity contribution is 1.34. The highest BCUT2D eigenvalue weighted by atomic mass is 14.0. The van der Waals surface area contributed by atoms with E-state index < -0.39 is 0 Å². The van der Waals surface area contributed by atoms with Gasteiger partial charge in [0.05, 0.1) is 0 Å². The molecule has 0 spiro atoms. The molecule has 0 amide bonds. The summed E-state index contributed by atoms with van der Waals surface area (Å²) in [6.07, 6.45) is 5.10. The monoisotopic (exact) mass is 159 g/mol. The number of rotatable bonds is 2. The molecule has 0 heteroatoms. The van der Waals surface area contributed by atoms with Gasteiger partial charge >= 0.3 is 0 Å². The Morgan fingerprint density at radius 3 is 2.33 bits per heavy atom. The Morgan fingerprint density at radius 1 is 1.25 bits per heavy atom. The fourth-order valence-electron chi connectivity index (χ4n) is 1.29. The van der Waals surface area contributed by atoms with Gasteiger partial charge in [-0.05, 0) is 43.9 Å². The summed E-state index contributed by atoms with van der Waals surface area (Å²) in [7, 11) is 0. The topological polar surface area (TPSA) is 0 Å². The van der Waals surface area contributed by atoms with E-state index in [9.17, 15) is 0 Å². The molecular formula is C12H15. The molecule has 0 atom stereocenters. The van der Waals surface area contributed by atoms with E-state index in [-0.39, 0.29) is 0 Å². The van der Waals surface area contributed by atoms with Gasteiger partial charge in [0.15, 0.2) is 0 Å². The number of hydrogen-bond donors (Lipinski definition) is 0. The van der Waals surface area contributed by atoms with Crippen molar-refractivity contribution in [2.45, 2.75) is 20.3 Å². The first-order chi connectivity index (χ1) is 5.75. The first kappa shape index (κ1) is 9.05. The van der Waals surface area contributed by atoms with Gasteiger partial charge in [-0.3, -0.25) is 0 Å². The van der Waals surface area contributed by atoms with E-state index in [1.165, 1.54) is 16.7 Å². The van der Waals surface area contributed by atoms with Crippen LogP contribution in [0.4, 0.5) is 0 Å². The molecule has 0 saturated heterocycles. The van der Waals surface area contributed by atoms with Gasteiger partial charge in [-0.15, -0.1) is 0 Å². The van der Waals surface area contributed by atoms with Gasteiger partial charge in [-0.1, -0.05) is 30.4 Å². The lowest BCUT2D eigenvalue weighted by Gasteiger charge is -2.03. The molecule has 0 nitrogen and oxygen atoms in total. The molecular weight excluding hydrogens is 144 g/mol. The molecule has 0 saturated carbocycles. The lowest BCUT2D eigenvalue weighted by Crippen LogP contribution is -1.84. The van der Waals surface area contributed by atoms with Gasteiger partial charge in [0.2, 0.25) is 0 Å². The number of benzene rings is 1. The first-order valence-electron chi connectivity index (χ1n) is 4.27. The van der Waals surface area contributed by atoms with Crippen LogP contribution in [-0.2, 0) is 0 Å². The van der Waals surface area contributed by atoms with E-state index in [4.69, 9.17) is 0 Å². The van der Waals surface area contributed by atoms with Crippen molar-refractivity contribution in [3.63, 3.8) is 0 Å². The summed E-state index contributed by atoms with van der Waals surface area (Å²) in [5.74, 6) is 0. The van der Waals surface area contributed by atoms with E-state index in [1.807, 2.05) is 0 Å². The quantitative estimate of drug-likeness (QED) is 0.619. The Labute approximate surface area is 74.9 Å². The number of aryl methyl sites for hydroxylation is 2. The van der Waals surface area contributed by atoms with Crippen LogP contribution < -0.4 is 0 Å². The van der Waals surface area contributed by atoms with Crippen LogP contribution in [0.25, 0.3) is 6.08 Å². The minimum atomic E-state index is 0.855. The van der Waals surface area contributed by atoms with Gasteiger partial charge < -0.3 is 0 Å². The second-order valence-corrected chi connectivity index (χ2v) is 3.00. The van der Waals surface area contributed by atoms with E-state index in [0.29, 0.717) is 0 Å². The van der Waals surface area contributed by atoms with Crippen molar-refractivity contribution in [3.8, 4) is 0 Å². The fraction of sp³-hybridized carbons (Fsp3) is 0.250. The van der Waals surface area contributed by atoms with E-state index in [2.05, 4.69) is 51.1 Å². The maximum absolute atomic E-state index is 3.77. The van der Waals surface area contributed by atoms with Crippen LogP contribution in [0, 0.1) is 20.8 Å². The molecule has 1 rings (SSSR count). The predicted octanol–water partition coefficient (Wildman–Crippen LogP) is 3.54. The van der Waals surface area contributed by atoms with Gasteiger partial charge in [0.1, 0.15) is 0 Å². The molecule has 0 unspecified atom stereocenters. The average Bonchev–Trinajstić information content (AvgIpc) is 2.04. The average molecular weight is 159 g/mol. The highest BCUT2D eigenvalue weighted by Crippen LogP contribution is 2.14. The molecule has 0 bridgehead atoms. The van der Waals surface area contributed by atoms with Crippen LogP contribution in [-0.4, -0.2) is 0 Å². The molecule has 12 heavy (non-hydrogen) atoms. The number of allylic oxidation sites excluding steroid dienone is 1. The summed E-state index contributed by atoms with van der Waals surface area (Å²) in [5, 5.41) is 0. The van der Waals surface area contributed by atoms with Crippen LogP contribution in [0.1, 0.15) is 23.1 Å². The molecule has 0 N–H and O–H groups in total. The van der Waals surface area contributed by atoms with Crippen LogP contribution in [0.15, 0.2) is 24.3 Å². The molecule has 63 valence electrons. The summed E-state index contributed by atoms with van der Waals surface area (Å²) in [5.41, 5.74) is 4.00. The van der Waals surface area contributed by atoms with Crippen molar-refractivity contribution in [3.05, 3.63) is 47.9 Å². The van der Waals surface area contributed by atoms with Gasteiger partial charge in [0, 0.05) is 0 Å². The van der Waals surface area contributed by atoms with Gasteiger partial charge in [-0.2, -0.15) is 0 Å². The molecule has 0 aromatic heterocycles. The first-order valence-corrected chi connectivity index (χ1v) is 4.27. The summed E-state index contributed by atoms with van der Waals surface area (Å²) in [4.78, 5) is 0. The highest BCUT2D eigenvalue weighted by Gasteiger charge is 1.95.